The summed E-state index contributed by atoms with van der Waals surface area (Å²) in [5.41, 5.74) is 6.53. The molecule has 0 atom stereocenters. The van der Waals surface area contributed by atoms with E-state index in [0.29, 0.717) is 37.9 Å². The van der Waals surface area contributed by atoms with E-state index in [4.69, 9.17) is 0 Å². The molecule has 2 aromatic heterocycles. The van der Waals surface area contributed by atoms with E-state index in [0.717, 1.165) is 102 Å². The Hall–Kier alpha value is -4.88. The molecule has 0 spiro atoms. The number of aryl methyl sites for hydroxylation is 2. The summed E-state index contributed by atoms with van der Waals surface area (Å²) in [6.45, 7) is 118. The summed E-state index contributed by atoms with van der Waals surface area (Å²) in [6.07, 6.45) is 29.5. The minimum absolute atomic E-state index is 0.0278. The van der Waals surface area contributed by atoms with Crippen LogP contribution in [0.2, 0.25) is 0 Å². The molecule has 1 aliphatic rings. The molecule has 1 saturated heterocycles. The lowest BCUT2D eigenvalue weighted by Gasteiger charge is -2.42. The van der Waals surface area contributed by atoms with Crippen LogP contribution in [0.15, 0.2) is 12.4 Å². The highest BCUT2D eigenvalue weighted by Crippen LogP contribution is 2.29. The largest absolute Gasteiger partial charge is 0.296 e. The SMILES string of the molecule is CC(C)(C)C#CC(C)(C)C.CC(C)(C)C#CC(C)(C)Cn1cc(CN2CCN(C(C)(C)C)CC2)nn1.CC(C)(C)C#CCC(C)(C)C.CC(C)(C)C#CCCC(C)(C)C.CC(C)(C)C#CCCCC(C)(C)C.CC(C)(C)C#CCCCCC(C)(C)C.CC(C)(C)C#CCCCCCC(C)(C)C.CC(C)(C)CCCCCn1cc(CCC(C)(C)C)nn1. The lowest BCUT2D eigenvalue weighted by molar-refractivity contribution is 0.0585. The van der Waals surface area contributed by atoms with E-state index >= 15 is 0 Å². The molecule has 0 saturated carbocycles. The van der Waals surface area contributed by atoms with Crippen LogP contribution in [0.5, 0.6) is 0 Å². The zero-order valence-electron chi connectivity index (χ0n) is 91.0. The number of aromatic nitrogens is 6. The molecular formula is C113H208N8. The molecule has 0 unspecified atom stereocenters. The van der Waals surface area contributed by atoms with Gasteiger partial charge in [0.25, 0.3) is 0 Å². The number of nitrogens with zero attached hydrogens (tertiary/aromatic N) is 8. The number of hydrogen-bond donors (Lipinski definition) is 0. The Bertz CT molecular complexity index is 3480. The third-order valence-electron chi connectivity index (χ3n) is 17.3. The molecule has 3 rings (SSSR count). The summed E-state index contributed by atoms with van der Waals surface area (Å²) >= 11 is 0. The molecule has 700 valence electrons. The Labute approximate surface area is 760 Å². The summed E-state index contributed by atoms with van der Waals surface area (Å²) < 4.78 is 3.95. The van der Waals surface area contributed by atoms with Gasteiger partial charge in [0.2, 0.25) is 0 Å². The minimum atomic E-state index is -0.114. The maximum atomic E-state index is 4.38. The molecule has 0 aromatic carbocycles. The van der Waals surface area contributed by atoms with Gasteiger partial charge in [-0.05, 0) is 309 Å². The summed E-state index contributed by atoms with van der Waals surface area (Å²) in [5, 5.41) is 17.2. The van der Waals surface area contributed by atoms with Crippen molar-refractivity contribution in [3.8, 4) is 82.9 Å². The molecule has 8 heteroatoms. The van der Waals surface area contributed by atoms with Crippen LogP contribution in [0.25, 0.3) is 0 Å². The molecule has 3 heterocycles. The quantitative estimate of drug-likeness (QED) is 0.0916. The third kappa shape index (κ3) is 107. The fourth-order valence-electron chi connectivity index (χ4n) is 10.6. The lowest BCUT2D eigenvalue weighted by Crippen LogP contribution is -2.53. The van der Waals surface area contributed by atoms with Gasteiger partial charge in [0, 0.05) is 138 Å². The lowest BCUT2D eigenvalue weighted by atomic mass is 9.89. The third-order valence-corrected chi connectivity index (χ3v) is 17.3. The van der Waals surface area contributed by atoms with Gasteiger partial charge in [-0.15, -0.1) is 39.8 Å². The molecule has 0 amide bonds. The topological polar surface area (TPSA) is 67.9 Å². The summed E-state index contributed by atoms with van der Waals surface area (Å²) in [7, 11) is 0. The number of unbranched alkanes of at least 4 members (excludes halogenated alkanes) is 8. The van der Waals surface area contributed by atoms with Crippen LogP contribution in [0.1, 0.15) is 486 Å². The van der Waals surface area contributed by atoms with Crippen molar-refractivity contribution in [2.24, 2.45) is 86.6 Å². The van der Waals surface area contributed by atoms with Crippen molar-refractivity contribution >= 4 is 0 Å². The van der Waals surface area contributed by atoms with Gasteiger partial charge in [0.15, 0.2) is 0 Å². The van der Waals surface area contributed by atoms with Crippen LogP contribution in [0.4, 0.5) is 0 Å². The van der Waals surface area contributed by atoms with Crippen molar-refractivity contribution < 1.29 is 0 Å². The van der Waals surface area contributed by atoms with E-state index < -0.39 is 0 Å². The second kappa shape index (κ2) is 56.3. The summed E-state index contributed by atoms with van der Waals surface area (Å²) in [6, 6.07) is 0. The van der Waals surface area contributed by atoms with Crippen molar-refractivity contribution in [2.75, 3.05) is 26.2 Å². The first kappa shape index (κ1) is 125. The maximum absolute atomic E-state index is 4.38. The van der Waals surface area contributed by atoms with E-state index in [9.17, 15) is 0 Å². The zero-order chi connectivity index (χ0) is 95.9. The predicted molar refractivity (Wildman–Crippen MR) is 543 cm³/mol. The first-order valence-electron chi connectivity index (χ1n) is 47.6. The first-order valence-corrected chi connectivity index (χ1v) is 47.6. The molecular weight excluding hydrogens is 1470 g/mol. The fraction of sp³-hybridized carbons (Fsp3) is 0.841. The highest BCUT2D eigenvalue weighted by molar-refractivity contribution is 5.16. The van der Waals surface area contributed by atoms with Gasteiger partial charge < -0.3 is 0 Å². The van der Waals surface area contributed by atoms with E-state index in [-0.39, 0.29) is 54.3 Å². The van der Waals surface area contributed by atoms with Crippen LogP contribution < -0.4 is 0 Å². The average Bonchev–Trinajstić information content (AvgIpc) is 1.82. The van der Waals surface area contributed by atoms with E-state index in [2.05, 4.69) is 472 Å². The molecule has 1 fully saturated rings. The van der Waals surface area contributed by atoms with Crippen molar-refractivity contribution in [3.63, 3.8) is 0 Å². The standard InChI is InChI=1S/C21H37N5.C17H33N3.C15H28.C14H26.C13H24.C12H22.C11H20.C10H18/c1-19(2,3)9-10-21(7,8)17-26-16-18(22-23-26)15-24-11-13-25(14-12-24)20(4,5)6;1-16(2,3)11-8-7-9-13-20-14-15(18-19-20)10-12-17(4,5)6;1-14(2,3)12-10-8-7-9-11-13-15(4,5)6;1-13(2,3)11-9-7-8-10-12-14(4,5)6;1-12(2,3)10-8-7-9-11-13(4,5)6;1-11(2,3)9-7-8-10-12(4,5)6;1-10(2,3)8-7-9-11(4,5)6;1-9(2,3)7-8-10(4,5)6/h16H,11-15,17H2,1-8H3;14H,7-13H2,1-6H3;7-10,12H2,1-6H3;7-9,11H2,1-6H3;7-8,10H2,1-6H3;7,9H2,1-6H3;8H2,1-6H3;1-6H3. The van der Waals surface area contributed by atoms with E-state index in [1.807, 2.05) is 9.36 Å². The molecule has 0 radical (unpaired) electrons. The second-order valence-electron chi connectivity index (χ2n) is 53.2. The van der Waals surface area contributed by atoms with E-state index in [1.165, 1.54) is 89.9 Å². The van der Waals surface area contributed by atoms with Crippen LogP contribution in [0, 0.1) is 170 Å². The molecule has 0 aliphatic carbocycles. The number of hydrogen-bond acceptors (Lipinski definition) is 6. The second-order valence-corrected chi connectivity index (χ2v) is 53.2. The highest BCUT2D eigenvalue weighted by Gasteiger charge is 2.27. The first-order chi connectivity index (χ1) is 53.7. The molecule has 0 N–H and O–H groups in total. The van der Waals surface area contributed by atoms with Crippen LogP contribution in [0.3, 0.4) is 0 Å². The van der Waals surface area contributed by atoms with Gasteiger partial charge in [-0.2, -0.15) is 0 Å². The summed E-state index contributed by atoms with van der Waals surface area (Å²) in [5.74, 6) is 45.7. The van der Waals surface area contributed by atoms with Crippen LogP contribution >= 0.6 is 0 Å². The van der Waals surface area contributed by atoms with Crippen molar-refractivity contribution in [1.82, 2.24) is 39.8 Å². The van der Waals surface area contributed by atoms with Gasteiger partial charge in [0.1, 0.15) is 0 Å². The Morgan fingerprint density at radius 3 is 0.917 bits per heavy atom. The Kier molecular flexibility index (Phi) is 58.0. The Balaban J connectivity index is -0.000000433. The van der Waals surface area contributed by atoms with Gasteiger partial charge in [-0.25, -0.2) is 0 Å². The highest BCUT2D eigenvalue weighted by atomic mass is 15.4. The molecule has 121 heavy (non-hydrogen) atoms. The molecule has 1 aliphatic heterocycles. The van der Waals surface area contributed by atoms with Crippen molar-refractivity contribution in [1.29, 1.82) is 0 Å². The van der Waals surface area contributed by atoms with Crippen molar-refractivity contribution in [2.45, 2.75) is 506 Å². The van der Waals surface area contributed by atoms with Crippen molar-refractivity contribution in [3.05, 3.63) is 23.8 Å². The van der Waals surface area contributed by atoms with Gasteiger partial charge >= 0.3 is 0 Å². The number of rotatable bonds is 21. The maximum Gasteiger partial charge on any atom is 0.0967 e. The monoisotopic (exact) mass is 1680 g/mol. The van der Waals surface area contributed by atoms with Gasteiger partial charge in [0.05, 0.1) is 17.9 Å². The minimum Gasteiger partial charge on any atom is -0.296 e. The molecule has 0 bridgehead atoms. The molecule has 8 nitrogen and oxygen atoms in total. The van der Waals surface area contributed by atoms with E-state index in [1.54, 1.807) is 0 Å². The van der Waals surface area contributed by atoms with Gasteiger partial charge in [-0.1, -0.05) is 241 Å². The number of piperazine rings is 1. The normalized spacial score (nSPS) is 13.5. The molecule has 2 aromatic rings. The average molecular weight is 1680 g/mol. The smallest absolute Gasteiger partial charge is 0.0967 e. The van der Waals surface area contributed by atoms with Crippen LogP contribution in [-0.4, -0.2) is 71.5 Å². The van der Waals surface area contributed by atoms with Crippen LogP contribution in [-0.2, 0) is 26.1 Å². The Morgan fingerprint density at radius 2 is 0.562 bits per heavy atom. The fourth-order valence-corrected chi connectivity index (χ4v) is 10.6. The van der Waals surface area contributed by atoms with Gasteiger partial charge in [-0.3, -0.25) is 19.2 Å². The Morgan fingerprint density at radius 1 is 0.264 bits per heavy atom. The summed E-state index contributed by atoms with van der Waals surface area (Å²) in [4.78, 5) is 5.03. The predicted octanol–water partition coefficient (Wildman–Crippen LogP) is 32.5. The zero-order valence-corrected chi connectivity index (χ0v) is 91.0.